The molecule has 0 atom stereocenters. The van der Waals surface area contributed by atoms with Crippen LogP contribution in [0.1, 0.15) is 5.56 Å². The van der Waals surface area contributed by atoms with E-state index in [-0.39, 0.29) is 17.9 Å². The molecule has 0 radical (unpaired) electrons. The minimum Gasteiger partial charge on any atom is -0.384 e. The molecule has 9 heteroatoms. The van der Waals surface area contributed by atoms with Crippen LogP contribution in [-0.4, -0.2) is 27.9 Å². The Hall–Kier alpha value is -1.70. The van der Waals surface area contributed by atoms with E-state index in [2.05, 4.69) is 14.8 Å². The Bertz CT molecular complexity index is 613. The van der Waals surface area contributed by atoms with Crippen LogP contribution in [0, 0.1) is 11.6 Å². The molecule has 0 aliphatic rings. The largest absolute Gasteiger partial charge is 0.384 e. The van der Waals surface area contributed by atoms with Crippen LogP contribution in [0.4, 0.5) is 14.5 Å². The van der Waals surface area contributed by atoms with E-state index in [1.165, 1.54) is 7.11 Å². The Morgan fingerprint density at radius 2 is 2.11 bits per heavy atom. The van der Waals surface area contributed by atoms with Crippen molar-refractivity contribution in [2.45, 2.75) is 5.75 Å². The highest BCUT2D eigenvalue weighted by Gasteiger charge is 2.18. The number of halogens is 2. The van der Waals surface area contributed by atoms with Crippen molar-refractivity contribution in [3.8, 4) is 0 Å². The average Bonchev–Trinajstić information content (AvgIpc) is 2.35. The highest BCUT2D eigenvalue weighted by Crippen LogP contribution is 2.26. The second kappa shape index (κ2) is 6.46. The van der Waals surface area contributed by atoms with Crippen molar-refractivity contribution in [3.05, 3.63) is 39.8 Å². The van der Waals surface area contributed by atoms with Gasteiger partial charge >= 0.3 is 0 Å². The van der Waals surface area contributed by atoms with Crippen LogP contribution < -0.4 is 0 Å². The van der Waals surface area contributed by atoms with Crippen LogP contribution in [0.3, 0.4) is 0 Å². The van der Waals surface area contributed by atoms with E-state index in [1.807, 2.05) is 0 Å². The molecule has 0 aliphatic carbocycles. The summed E-state index contributed by atoms with van der Waals surface area (Å²) in [5.74, 6) is -3.11. The van der Waals surface area contributed by atoms with Crippen molar-refractivity contribution in [1.29, 1.82) is 0 Å². The van der Waals surface area contributed by atoms with Crippen LogP contribution in [0.25, 0.3) is 10.4 Å². The van der Waals surface area contributed by atoms with Gasteiger partial charge in [-0.05, 0) is 11.6 Å². The average molecular weight is 291 g/mol. The lowest BCUT2D eigenvalue weighted by molar-refractivity contribution is 0.217. The zero-order chi connectivity index (χ0) is 14.5. The van der Waals surface area contributed by atoms with Gasteiger partial charge in [-0.15, -0.1) is 0 Å². The number of azide groups is 1. The molecule has 1 rings (SSSR count). The molecule has 0 heterocycles. The number of hydrogen-bond acceptors (Lipinski definition) is 4. The molecule has 0 amide bonds. The second-order valence-electron chi connectivity index (χ2n) is 3.64. The molecule has 1 aromatic rings. The van der Waals surface area contributed by atoms with Crippen molar-refractivity contribution >= 4 is 15.5 Å². The molecular formula is C10H11F2N3O3S. The summed E-state index contributed by atoms with van der Waals surface area (Å²) in [6.45, 7) is -0.0195. The van der Waals surface area contributed by atoms with Gasteiger partial charge in [0.15, 0.2) is 9.84 Å². The predicted octanol–water partition coefficient (Wildman–Crippen LogP) is 2.47. The molecule has 104 valence electrons. The first-order valence-corrected chi connectivity index (χ1v) is 6.94. The molecule has 0 aromatic heterocycles. The molecule has 19 heavy (non-hydrogen) atoms. The third kappa shape index (κ3) is 4.16. The SMILES string of the molecule is COCCS(=O)(=O)Cc1ccc(F)c(N=[N+]=[N-])c1F. The van der Waals surface area contributed by atoms with Gasteiger partial charge in [-0.3, -0.25) is 0 Å². The van der Waals surface area contributed by atoms with Gasteiger partial charge in [0.2, 0.25) is 0 Å². The summed E-state index contributed by atoms with van der Waals surface area (Å²) in [5, 5.41) is 2.87. The predicted molar refractivity (Wildman–Crippen MR) is 64.5 cm³/mol. The van der Waals surface area contributed by atoms with E-state index >= 15 is 0 Å². The van der Waals surface area contributed by atoms with Gasteiger partial charge in [-0.1, -0.05) is 11.2 Å². The topological polar surface area (TPSA) is 92.1 Å². The molecule has 0 fully saturated rings. The van der Waals surface area contributed by atoms with E-state index in [0.29, 0.717) is 0 Å². The van der Waals surface area contributed by atoms with Gasteiger partial charge in [0.1, 0.15) is 17.3 Å². The quantitative estimate of drug-likeness (QED) is 0.458. The Balaban J connectivity index is 3.10. The number of benzene rings is 1. The fourth-order valence-electron chi connectivity index (χ4n) is 1.35. The lowest BCUT2D eigenvalue weighted by Gasteiger charge is -2.07. The van der Waals surface area contributed by atoms with Crippen LogP contribution in [-0.2, 0) is 20.3 Å². The van der Waals surface area contributed by atoms with E-state index in [0.717, 1.165) is 12.1 Å². The van der Waals surface area contributed by atoms with Crippen molar-refractivity contribution in [2.24, 2.45) is 5.11 Å². The van der Waals surface area contributed by atoms with Crippen LogP contribution in [0.2, 0.25) is 0 Å². The third-order valence-corrected chi connectivity index (χ3v) is 3.81. The van der Waals surface area contributed by atoms with Gasteiger partial charge in [-0.25, -0.2) is 17.2 Å². The summed E-state index contributed by atoms with van der Waals surface area (Å²) >= 11 is 0. The van der Waals surface area contributed by atoms with Crippen molar-refractivity contribution in [2.75, 3.05) is 19.5 Å². The smallest absolute Gasteiger partial charge is 0.156 e. The lowest BCUT2D eigenvalue weighted by atomic mass is 10.2. The standard InChI is InChI=1S/C10H11F2N3O3S/c1-18-4-5-19(16,17)6-7-2-3-8(11)10(9(7)12)14-15-13/h2-3H,4-6H2,1H3. The third-order valence-electron chi connectivity index (χ3n) is 2.27. The molecule has 0 aliphatic heterocycles. The number of sulfone groups is 1. The van der Waals surface area contributed by atoms with Crippen LogP contribution in [0.15, 0.2) is 17.2 Å². The summed E-state index contributed by atoms with van der Waals surface area (Å²) in [6, 6.07) is 1.86. The maximum absolute atomic E-state index is 13.8. The second-order valence-corrected chi connectivity index (χ2v) is 5.83. The molecule has 0 saturated carbocycles. The normalized spacial score (nSPS) is 11.1. The van der Waals surface area contributed by atoms with E-state index in [9.17, 15) is 17.2 Å². The highest BCUT2D eigenvalue weighted by atomic mass is 32.2. The number of rotatable bonds is 6. The summed E-state index contributed by atoms with van der Waals surface area (Å²) in [6.07, 6.45) is 0. The molecule has 0 N–H and O–H groups in total. The fourth-order valence-corrected chi connectivity index (χ4v) is 2.61. The monoisotopic (exact) mass is 291 g/mol. The van der Waals surface area contributed by atoms with E-state index in [1.54, 1.807) is 0 Å². The van der Waals surface area contributed by atoms with Crippen LogP contribution in [0.5, 0.6) is 0 Å². The van der Waals surface area contributed by atoms with Crippen molar-refractivity contribution in [1.82, 2.24) is 0 Å². The molecule has 0 unspecified atom stereocenters. The summed E-state index contributed by atoms with van der Waals surface area (Å²) < 4.78 is 54.8. The van der Waals surface area contributed by atoms with E-state index < -0.39 is 32.9 Å². The van der Waals surface area contributed by atoms with Crippen LogP contribution >= 0.6 is 0 Å². The fraction of sp³-hybridized carbons (Fsp3) is 0.400. The molecular weight excluding hydrogens is 280 g/mol. The zero-order valence-corrected chi connectivity index (χ0v) is 10.8. The maximum atomic E-state index is 13.8. The Morgan fingerprint density at radius 1 is 1.42 bits per heavy atom. The zero-order valence-electron chi connectivity index (χ0n) is 10.0. The molecule has 0 saturated heterocycles. The number of methoxy groups -OCH3 is 1. The highest BCUT2D eigenvalue weighted by molar-refractivity contribution is 7.90. The van der Waals surface area contributed by atoms with Gasteiger partial charge in [-0.2, -0.15) is 0 Å². The summed E-state index contributed by atoms with van der Waals surface area (Å²) in [7, 11) is -2.25. The maximum Gasteiger partial charge on any atom is 0.156 e. The first kappa shape index (κ1) is 15.4. The first-order valence-electron chi connectivity index (χ1n) is 5.12. The van der Waals surface area contributed by atoms with E-state index in [4.69, 9.17) is 5.53 Å². The number of nitrogens with zero attached hydrogens (tertiary/aromatic N) is 3. The first-order chi connectivity index (χ1) is 8.91. The number of ether oxygens (including phenoxy) is 1. The van der Waals surface area contributed by atoms with Gasteiger partial charge < -0.3 is 4.74 Å². The molecule has 0 spiro atoms. The number of hydrogen-bond donors (Lipinski definition) is 0. The Kier molecular flexibility index (Phi) is 5.22. The van der Waals surface area contributed by atoms with Gasteiger partial charge in [0, 0.05) is 17.6 Å². The molecule has 0 bridgehead atoms. The minimum absolute atomic E-state index is 0.0195. The van der Waals surface area contributed by atoms with Gasteiger partial charge in [0.05, 0.1) is 18.1 Å². The summed E-state index contributed by atoms with van der Waals surface area (Å²) in [4.78, 5) is 2.29. The lowest BCUT2D eigenvalue weighted by Crippen LogP contribution is -2.14. The summed E-state index contributed by atoms with van der Waals surface area (Å²) in [5.41, 5.74) is 7.12. The Morgan fingerprint density at radius 3 is 2.68 bits per heavy atom. The Labute approximate surface area is 108 Å². The van der Waals surface area contributed by atoms with Gasteiger partial charge in [0.25, 0.3) is 0 Å². The van der Waals surface area contributed by atoms with Crippen molar-refractivity contribution < 1.29 is 21.9 Å². The van der Waals surface area contributed by atoms with Crippen molar-refractivity contribution in [3.63, 3.8) is 0 Å². The molecule has 1 aromatic carbocycles. The minimum atomic E-state index is -3.59. The molecule has 6 nitrogen and oxygen atoms in total.